The molecule has 0 saturated carbocycles. The Labute approximate surface area is 124 Å². The molecule has 1 aromatic carbocycles. The van der Waals surface area contributed by atoms with Crippen molar-refractivity contribution in [2.75, 3.05) is 23.3 Å². The number of anilines is 2. The Bertz CT molecular complexity index is 617. The van der Waals surface area contributed by atoms with Crippen LogP contribution in [-0.2, 0) is 9.84 Å². The fraction of sp³-hybridized carbons (Fsp3) is 0.571. The van der Waals surface area contributed by atoms with Gasteiger partial charge < -0.3 is 15.8 Å². The molecule has 5 nitrogen and oxygen atoms in total. The van der Waals surface area contributed by atoms with Crippen LogP contribution in [0.3, 0.4) is 0 Å². The summed E-state index contributed by atoms with van der Waals surface area (Å²) >= 11 is 0. The Hall–Kier alpha value is -1.50. The van der Waals surface area contributed by atoms with Crippen molar-refractivity contribution in [2.45, 2.75) is 38.0 Å². The van der Waals surface area contributed by atoms with Crippen LogP contribution in [0.4, 0.5) is 15.8 Å². The average molecular weight is 316 g/mol. The third kappa shape index (κ3) is 3.78. The van der Waals surface area contributed by atoms with E-state index in [2.05, 4.69) is 5.32 Å². The van der Waals surface area contributed by atoms with Gasteiger partial charge in [-0.15, -0.1) is 0 Å². The predicted molar refractivity (Wildman–Crippen MR) is 81.9 cm³/mol. The molecule has 118 valence electrons. The van der Waals surface area contributed by atoms with Crippen molar-refractivity contribution >= 4 is 21.2 Å². The first kappa shape index (κ1) is 15.9. The molecular weight excluding hydrogens is 295 g/mol. The van der Waals surface area contributed by atoms with Crippen molar-refractivity contribution in [1.82, 2.24) is 0 Å². The third-order valence-electron chi connectivity index (χ3n) is 3.45. The van der Waals surface area contributed by atoms with Gasteiger partial charge in [0, 0.05) is 18.7 Å². The molecule has 1 heterocycles. The van der Waals surface area contributed by atoms with E-state index in [-0.39, 0.29) is 29.8 Å². The lowest BCUT2D eigenvalue weighted by molar-refractivity contribution is 0.231. The number of ether oxygens (including phenoxy) is 1. The lowest BCUT2D eigenvalue weighted by atomic mass is 10.2. The molecule has 1 aliphatic rings. The van der Waals surface area contributed by atoms with E-state index in [4.69, 9.17) is 10.5 Å². The van der Waals surface area contributed by atoms with Crippen molar-refractivity contribution < 1.29 is 17.5 Å². The molecular formula is C14H21FN2O3S. The Balaban J connectivity index is 2.12. The van der Waals surface area contributed by atoms with E-state index < -0.39 is 20.9 Å². The molecule has 0 aromatic heterocycles. The molecule has 0 bridgehead atoms. The summed E-state index contributed by atoms with van der Waals surface area (Å²) in [5.74, 6) is -0.184. The quantitative estimate of drug-likeness (QED) is 0.814. The van der Waals surface area contributed by atoms with Crippen LogP contribution >= 0.6 is 0 Å². The number of benzene rings is 1. The average Bonchev–Trinajstić information content (AvgIpc) is 2.70. The maximum absolute atomic E-state index is 13.7. The van der Waals surface area contributed by atoms with Gasteiger partial charge in [-0.25, -0.2) is 12.8 Å². The molecule has 0 amide bonds. The molecule has 1 saturated heterocycles. The van der Waals surface area contributed by atoms with Gasteiger partial charge in [-0.2, -0.15) is 0 Å². The third-order valence-corrected chi connectivity index (χ3v) is 5.73. The maximum Gasteiger partial charge on any atom is 0.167 e. The summed E-state index contributed by atoms with van der Waals surface area (Å²) < 4.78 is 42.6. The van der Waals surface area contributed by atoms with Crippen LogP contribution in [0, 0.1) is 5.82 Å². The highest BCUT2D eigenvalue weighted by Crippen LogP contribution is 2.30. The highest BCUT2D eigenvalue weighted by Gasteiger charge is 2.31. The van der Waals surface area contributed by atoms with Crippen LogP contribution < -0.4 is 15.8 Å². The van der Waals surface area contributed by atoms with E-state index in [0.29, 0.717) is 18.5 Å². The minimum absolute atomic E-state index is 0.107. The summed E-state index contributed by atoms with van der Waals surface area (Å²) in [4.78, 5) is 0. The largest absolute Gasteiger partial charge is 0.488 e. The van der Waals surface area contributed by atoms with Crippen molar-refractivity contribution in [3.05, 3.63) is 17.9 Å². The number of nitrogens with one attached hydrogen (secondary N) is 1. The van der Waals surface area contributed by atoms with Gasteiger partial charge in [0.2, 0.25) is 0 Å². The lowest BCUT2D eigenvalue weighted by Crippen LogP contribution is -2.25. The Morgan fingerprint density at radius 2 is 2.19 bits per heavy atom. The number of hydrogen-bond acceptors (Lipinski definition) is 5. The standard InChI is InChI=1S/C14H21FN2O3S/c1-9(2)20-14-7-13(12(16)6-11(14)15)17-8-10-4-3-5-21(10,18)19/h6-7,9-10,17H,3-5,8,16H2,1-2H3. The summed E-state index contributed by atoms with van der Waals surface area (Å²) in [5.41, 5.74) is 6.50. The summed E-state index contributed by atoms with van der Waals surface area (Å²) in [6.07, 6.45) is 1.17. The number of hydrogen-bond donors (Lipinski definition) is 2. The van der Waals surface area contributed by atoms with Gasteiger partial charge in [0.1, 0.15) is 0 Å². The molecule has 1 fully saturated rings. The fourth-order valence-corrected chi connectivity index (χ4v) is 4.14. The number of sulfone groups is 1. The van der Waals surface area contributed by atoms with Crippen LogP contribution in [0.25, 0.3) is 0 Å². The topological polar surface area (TPSA) is 81.4 Å². The maximum atomic E-state index is 13.7. The molecule has 0 radical (unpaired) electrons. The predicted octanol–water partition coefficient (Wildman–Crippen LogP) is 2.18. The van der Waals surface area contributed by atoms with E-state index in [1.807, 2.05) is 0 Å². The van der Waals surface area contributed by atoms with Crippen molar-refractivity contribution in [1.29, 1.82) is 0 Å². The summed E-state index contributed by atoms with van der Waals surface area (Å²) in [6, 6.07) is 2.66. The highest BCUT2D eigenvalue weighted by atomic mass is 32.2. The molecule has 2 rings (SSSR count). The minimum Gasteiger partial charge on any atom is -0.488 e. The second-order valence-electron chi connectivity index (χ2n) is 5.55. The smallest absolute Gasteiger partial charge is 0.167 e. The van der Waals surface area contributed by atoms with E-state index >= 15 is 0 Å². The van der Waals surface area contributed by atoms with Crippen molar-refractivity contribution in [3.63, 3.8) is 0 Å². The summed E-state index contributed by atoms with van der Waals surface area (Å²) in [7, 11) is -3.02. The van der Waals surface area contributed by atoms with Crippen LogP contribution in [0.1, 0.15) is 26.7 Å². The van der Waals surface area contributed by atoms with Gasteiger partial charge >= 0.3 is 0 Å². The summed E-state index contributed by atoms with van der Waals surface area (Å²) in [6.45, 7) is 3.88. The molecule has 1 aliphatic heterocycles. The number of halogens is 1. The van der Waals surface area contributed by atoms with E-state index in [0.717, 1.165) is 0 Å². The zero-order valence-corrected chi connectivity index (χ0v) is 13.0. The second-order valence-corrected chi connectivity index (χ2v) is 7.95. The monoisotopic (exact) mass is 316 g/mol. The Kier molecular flexibility index (Phi) is 4.61. The Morgan fingerprint density at radius 1 is 1.48 bits per heavy atom. The summed E-state index contributed by atoms with van der Waals surface area (Å²) in [5, 5.41) is 2.59. The van der Waals surface area contributed by atoms with Crippen LogP contribution in [0.15, 0.2) is 12.1 Å². The first-order valence-corrected chi connectivity index (χ1v) is 8.72. The first-order valence-electron chi connectivity index (χ1n) is 7.00. The normalized spacial score (nSPS) is 20.7. The van der Waals surface area contributed by atoms with Crippen molar-refractivity contribution in [2.24, 2.45) is 0 Å². The molecule has 3 N–H and O–H groups in total. The SMILES string of the molecule is CC(C)Oc1cc(NCC2CCCS2(=O)=O)c(N)cc1F. The number of rotatable bonds is 5. The molecule has 7 heteroatoms. The Morgan fingerprint density at radius 3 is 2.76 bits per heavy atom. The van der Waals surface area contributed by atoms with E-state index in [9.17, 15) is 12.8 Å². The van der Waals surface area contributed by atoms with Gasteiger partial charge in [0.25, 0.3) is 0 Å². The van der Waals surface area contributed by atoms with Crippen LogP contribution in [-0.4, -0.2) is 32.1 Å². The molecule has 1 aromatic rings. The fourth-order valence-electron chi connectivity index (χ4n) is 2.38. The second kappa shape index (κ2) is 6.09. The molecule has 0 aliphatic carbocycles. The molecule has 21 heavy (non-hydrogen) atoms. The molecule has 1 unspecified atom stereocenters. The van der Waals surface area contributed by atoms with Gasteiger partial charge in [0.15, 0.2) is 21.4 Å². The van der Waals surface area contributed by atoms with Gasteiger partial charge in [0.05, 0.1) is 28.5 Å². The lowest BCUT2D eigenvalue weighted by Gasteiger charge is -2.16. The molecule has 0 spiro atoms. The van der Waals surface area contributed by atoms with Crippen molar-refractivity contribution in [3.8, 4) is 5.75 Å². The highest BCUT2D eigenvalue weighted by molar-refractivity contribution is 7.92. The zero-order valence-electron chi connectivity index (χ0n) is 12.2. The van der Waals surface area contributed by atoms with E-state index in [1.165, 1.54) is 12.1 Å². The zero-order chi connectivity index (χ0) is 15.6. The van der Waals surface area contributed by atoms with Gasteiger partial charge in [-0.3, -0.25) is 0 Å². The first-order chi connectivity index (χ1) is 9.79. The van der Waals surface area contributed by atoms with Gasteiger partial charge in [-0.05, 0) is 26.7 Å². The number of nitrogens with two attached hydrogens (primary N) is 1. The molecule has 1 atom stereocenters. The van der Waals surface area contributed by atoms with Gasteiger partial charge in [-0.1, -0.05) is 0 Å². The minimum atomic E-state index is -3.02. The van der Waals surface area contributed by atoms with Crippen LogP contribution in [0.5, 0.6) is 5.75 Å². The van der Waals surface area contributed by atoms with Crippen LogP contribution in [0.2, 0.25) is 0 Å². The number of nitrogen functional groups attached to an aromatic ring is 1. The van der Waals surface area contributed by atoms with E-state index in [1.54, 1.807) is 13.8 Å².